The number of hydrogen-bond acceptors (Lipinski definition) is 4. The maximum absolute atomic E-state index is 13.4. The third-order valence-corrected chi connectivity index (χ3v) is 8.60. The lowest BCUT2D eigenvalue weighted by atomic mass is 9.95. The molecule has 186 valence electrons. The fraction of sp³-hybridized carbons (Fsp3) is 0.286. The van der Waals surface area contributed by atoms with Gasteiger partial charge in [-0.3, -0.25) is 4.79 Å². The number of imidazole rings is 1. The van der Waals surface area contributed by atoms with Gasteiger partial charge in [-0.2, -0.15) is 0 Å². The number of para-hydroxylation sites is 1. The minimum absolute atomic E-state index is 0.0208. The van der Waals surface area contributed by atoms with Crippen molar-refractivity contribution < 1.29 is 13.2 Å². The van der Waals surface area contributed by atoms with Gasteiger partial charge in [-0.15, -0.1) is 0 Å². The molecule has 0 N–H and O–H groups in total. The molecule has 1 aliphatic rings. The second kappa shape index (κ2) is 10.1. The first-order chi connectivity index (χ1) is 17.4. The van der Waals surface area contributed by atoms with Gasteiger partial charge in [0.05, 0.1) is 21.9 Å². The third-order valence-electron chi connectivity index (χ3n) is 6.89. The summed E-state index contributed by atoms with van der Waals surface area (Å²) in [5.41, 5.74) is 2.60. The second-order valence-electron chi connectivity index (χ2n) is 9.28. The zero-order valence-corrected chi connectivity index (χ0v) is 21.1. The van der Waals surface area contributed by atoms with Crippen molar-refractivity contribution in [1.82, 2.24) is 19.0 Å². The lowest BCUT2D eigenvalue weighted by Crippen LogP contribution is -2.38. The van der Waals surface area contributed by atoms with E-state index in [0.29, 0.717) is 30.1 Å². The molecule has 0 bridgehead atoms. The summed E-state index contributed by atoms with van der Waals surface area (Å²) in [7, 11) is -3.38. The number of carbonyl (C=O) groups excluding carboxylic acids is 1. The van der Waals surface area contributed by atoms with E-state index in [1.165, 1.54) is 0 Å². The highest BCUT2D eigenvalue weighted by Gasteiger charge is 2.28. The molecule has 1 saturated heterocycles. The SMILES string of the molecule is Cc1ccc(S(=O)(=O)CCn2ccnc2C2CCN(C(=O)c3ccccc3-n3cccc3)CC2)cc1. The lowest BCUT2D eigenvalue weighted by Gasteiger charge is -2.32. The number of benzene rings is 2. The highest BCUT2D eigenvalue weighted by Crippen LogP contribution is 2.29. The molecule has 0 atom stereocenters. The van der Waals surface area contributed by atoms with Crippen molar-refractivity contribution in [3.8, 4) is 5.69 Å². The van der Waals surface area contributed by atoms with Crippen LogP contribution in [0.3, 0.4) is 0 Å². The van der Waals surface area contributed by atoms with E-state index < -0.39 is 9.84 Å². The minimum Gasteiger partial charge on any atom is -0.339 e. The Balaban J connectivity index is 1.23. The van der Waals surface area contributed by atoms with Crippen molar-refractivity contribution in [3.05, 3.63) is 102 Å². The highest BCUT2D eigenvalue weighted by atomic mass is 32.2. The number of amides is 1. The first-order valence-corrected chi connectivity index (χ1v) is 13.9. The van der Waals surface area contributed by atoms with Crippen LogP contribution in [0.25, 0.3) is 5.69 Å². The van der Waals surface area contributed by atoms with E-state index in [1.54, 1.807) is 18.3 Å². The normalized spacial score (nSPS) is 14.8. The number of likely N-dealkylation sites (tertiary alicyclic amines) is 1. The Morgan fingerprint density at radius 1 is 0.944 bits per heavy atom. The molecular weight excluding hydrogens is 472 g/mol. The Morgan fingerprint density at radius 3 is 2.36 bits per heavy atom. The van der Waals surface area contributed by atoms with Crippen molar-refractivity contribution in [1.29, 1.82) is 0 Å². The molecule has 2 aromatic carbocycles. The summed E-state index contributed by atoms with van der Waals surface area (Å²) in [6, 6.07) is 18.5. The first kappa shape index (κ1) is 24.1. The molecule has 5 rings (SSSR count). The average molecular weight is 503 g/mol. The van der Waals surface area contributed by atoms with E-state index in [9.17, 15) is 13.2 Å². The Labute approximate surface area is 211 Å². The van der Waals surface area contributed by atoms with Crippen LogP contribution in [0.4, 0.5) is 0 Å². The molecule has 0 saturated carbocycles. The quantitative estimate of drug-likeness (QED) is 0.374. The third kappa shape index (κ3) is 4.99. The van der Waals surface area contributed by atoms with Crippen LogP contribution < -0.4 is 0 Å². The van der Waals surface area contributed by atoms with Crippen molar-refractivity contribution in [2.45, 2.75) is 37.1 Å². The summed E-state index contributed by atoms with van der Waals surface area (Å²) < 4.78 is 29.5. The van der Waals surface area contributed by atoms with Gasteiger partial charge in [-0.1, -0.05) is 29.8 Å². The number of hydrogen-bond donors (Lipinski definition) is 0. The maximum Gasteiger partial charge on any atom is 0.255 e. The molecule has 0 unspecified atom stereocenters. The van der Waals surface area contributed by atoms with E-state index in [4.69, 9.17) is 0 Å². The Bertz CT molecular complexity index is 1430. The molecule has 0 aliphatic carbocycles. The number of sulfone groups is 1. The van der Waals surface area contributed by atoms with Crippen LogP contribution in [0.15, 0.2) is 90.3 Å². The summed E-state index contributed by atoms with van der Waals surface area (Å²) >= 11 is 0. The van der Waals surface area contributed by atoms with Crippen molar-refractivity contribution in [2.24, 2.45) is 0 Å². The average Bonchev–Trinajstić information content (AvgIpc) is 3.60. The fourth-order valence-electron chi connectivity index (χ4n) is 4.84. The van der Waals surface area contributed by atoms with Crippen LogP contribution in [-0.4, -0.2) is 52.2 Å². The number of rotatable bonds is 7. The monoisotopic (exact) mass is 502 g/mol. The molecule has 4 aromatic rings. The van der Waals surface area contributed by atoms with Crippen LogP contribution in [0.5, 0.6) is 0 Å². The first-order valence-electron chi connectivity index (χ1n) is 12.2. The summed E-state index contributed by atoms with van der Waals surface area (Å²) in [5, 5.41) is 0. The lowest BCUT2D eigenvalue weighted by molar-refractivity contribution is 0.0710. The van der Waals surface area contributed by atoms with Crippen LogP contribution >= 0.6 is 0 Å². The summed E-state index contributed by atoms with van der Waals surface area (Å²) in [6.07, 6.45) is 9.05. The summed E-state index contributed by atoms with van der Waals surface area (Å²) in [6.45, 7) is 3.57. The van der Waals surface area contributed by atoms with E-state index in [-0.39, 0.29) is 17.6 Å². The Kier molecular flexibility index (Phi) is 6.78. The fourth-order valence-corrected chi connectivity index (χ4v) is 6.06. The van der Waals surface area contributed by atoms with Gasteiger partial charge < -0.3 is 14.0 Å². The smallest absolute Gasteiger partial charge is 0.255 e. The number of piperidine rings is 1. The van der Waals surface area contributed by atoms with E-state index in [0.717, 1.165) is 29.9 Å². The van der Waals surface area contributed by atoms with Gasteiger partial charge >= 0.3 is 0 Å². The van der Waals surface area contributed by atoms with E-state index in [2.05, 4.69) is 4.98 Å². The predicted molar refractivity (Wildman–Crippen MR) is 139 cm³/mol. The van der Waals surface area contributed by atoms with Crippen LogP contribution in [-0.2, 0) is 16.4 Å². The molecular formula is C28H30N4O3S. The number of aryl methyl sites for hydroxylation is 2. The van der Waals surface area contributed by atoms with Crippen molar-refractivity contribution in [3.63, 3.8) is 0 Å². The molecule has 0 radical (unpaired) electrons. The van der Waals surface area contributed by atoms with Gasteiger partial charge in [0, 0.05) is 50.3 Å². The Morgan fingerprint density at radius 2 is 1.64 bits per heavy atom. The predicted octanol–water partition coefficient (Wildman–Crippen LogP) is 4.48. The number of carbonyl (C=O) groups is 1. The molecule has 1 amide bonds. The van der Waals surface area contributed by atoms with Crippen molar-refractivity contribution in [2.75, 3.05) is 18.8 Å². The van der Waals surface area contributed by atoms with Gasteiger partial charge in [-0.25, -0.2) is 13.4 Å². The standard InChI is InChI=1S/C28H30N4O3S/c1-22-8-10-24(11-9-22)36(34,35)21-20-31-19-14-29-27(31)23-12-17-32(18-13-23)28(33)25-6-2-3-7-26(25)30-15-4-5-16-30/h2-11,14-16,19,23H,12-13,17-18,20-21H2,1H3. The second-order valence-corrected chi connectivity index (χ2v) is 11.4. The van der Waals surface area contributed by atoms with Gasteiger partial charge in [0.15, 0.2) is 9.84 Å². The van der Waals surface area contributed by atoms with Crippen molar-refractivity contribution >= 4 is 15.7 Å². The van der Waals surface area contributed by atoms with E-state index >= 15 is 0 Å². The van der Waals surface area contributed by atoms with Gasteiger partial charge in [0.1, 0.15) is 5.82 Å². The molecule has 1 aliphatic heterocycles. The number of nitrogens with zero attached hydrogens (tertiary/aromatic N) is 4. The molecule has 8 heteroatoms. The molecule has 1 fully saturated rings. The minimum atomic E-state index is -3.38. The molecule has 2 aromatic heterocycles. The zero-order valence-electron chi connectivity index (χ0n) is 20.3. The highest BCUT2D eigenvalue weighted by molar-refractivity contribution is 7.91. The summed E-state index contributed by atoms with van der Waals surface area (Å²) in [5.74, 6) is 1.14. The van der Waals surface area contributed by atoms with Gasteiger partial charge in [0.25, 0.3) is 5.91 Å². The van der Waals surface area contributed by atoms with Gasteiger partial charge in [-0.05, 0) is 56.2 Å². The largest absolute Gasteiger partial charge is 0.339 e. The molecule has 36 heavy (non-hydrogen) atoms. The summed E-state index contributed by atoms with van der Waals surface area (Å²) in [4.78, 5) is 20.2. The molecule has 3 heterocycles. The molecule has 7 nitrogen and oxygen atoms in total. The Hall–Kier alpha value is -3.65. The van der Waals surface area contributed by atoms with Crippen LogP contribution in [0.1, 0.15) is 40.5 Å². The van der Waals surface area contributed by atoms with E-state index in [1.807, 2.05) is 88.1 Å². The topological polar surface area (TPSA) is 77.2 Å². The zero-order chi connectivity index (χ0) is 25.1. The molecule has 0 spiro atoms. The van der Waals surface area contributed by atoms with Crippen LogP contribution in [0.2, 0.25) is 0 Å². The number of aromatic nitrogens is 3. The van der Waals surface area contributed by atoms with Gasteiger partial charge in [0.2, 0.25) is 0 Å². The maximum atomic E-state index is 13.4. The van der Waals surface area contributed by atoms with Crippen LogP contribution in [0, 0.1) is 6.92 Å².